The van der Waals surface area contributed by atoms with Gasteiger partial charge >= 0.3 is 0 Å². The fourth-order valence-electron chi connectivity index (χ4n) is 1.96. The number of thiazole rings is 1. The zero-order valence-electron chi connectivity index (χ0n) is 12.4. The number of benzene rings is 2. The predicted molar refractivity (Wildman–Crippen MR) is 92.7 cm³/mol. The molecule has 0 spiro atoms. The van der Waals surface area contributed by atoms with Crippen molar-refractivity contribution in [3.63, 3.8) is 0 Å². The lowest BCUT2D eigenvalue weighted by Gasteiger charge is -2.07. The van der Waals surface area contributed by atoms with Gasteiger partial charge in [-0.25, -0.2) is 13.4 Å². The Morgan fingerprint density at radius 3 is 2.39 bits per heavy atom. The summed E-state index contributed by atoms with van der Waals surface area (Å²) in [6, 6.07) is 16.4. The lowest BCUT2D eigenvalue weighted by molar-refractivity contribution is 0.587. The summed E-state index contributed by atoms with van der Waals surface area (Å²) in [4.78, 5) is 6.92. The van der Waals surface area contributed by atoms with Gasteiger partial charge in [-0.05, 0) is 19.1 Å². The molecule has 23 heavy (non-hydrogen) atoms. The topological polar surface area (TPSA) is 71.1 Å². The van der Waals surface area contributed by atoms with Crippen molar-refractivity contribution >= 4 is 26.5 Å². The summed E-state index contributed by atoms with van der Waals surface area (Å²) in [6.07, 6.45) is 0. The van der Waals surface area contributed by atoms with Crippen molar-refractivity contribution in [1.29, 1.82) is 0 Å². The Morgan fingerprint density at radius 2 is 1.70 bits per heavy atom. The van der Waals surface area contributed by atoms with Crippen LogP contribution in [0.15, 0.2) is 64.9 Å². The molecule has 1 aromatic heterocycles. The van der Waals surface area contributed by atoms with E-state index < -0.39 is 10.0 Å². The quantitative estimate of drug-likeness (QED) is 0.695. The fraction of sp³-hybridized carbons (Fsp3) is 0.0625. The molecule has 7 heteroatoms. The number of hydrogen-bond donors (Lipinski definition) is 2. The van der Waals surface area contributed by atoms with Crippen molar-refractivity contribution < 1.29 is 8.42 Å². The van der Waals surface area contributed by atoms with Crippen LogP contribution in [0.25, 0.3) is 11.3 Å². The Morgan fingerprint density at radius 1 is 1.00 bits per heavy atom. The lowest BCUT2D eigenvalue weighted by Crippen LogP contribution is -2.29. The van der Waals surface area contributed by atoms with Gasteiger partial charge < -0.3 is 0 Å². The van der Waals surface area contributed by atoms with E-state index in [9.17, 15) is 8.42 Å². The van der Waals surface area contributed by atoms with Crippen LogP contribution in [0.2, 0.25) is 0 Å². The van der Waals surface area contributed by atoms with E-state index in [-0.39, 0.29) is 4.90 Å². The molecule has 1 heterocycles. The highest BCUT2D eigenvalue weighted by molar-refractivity contribution is 7.89. The number of hydrazine groups is 1. The number of nitrogens with zero attached hydrogens (tertiary/aromatic N) is 1. The summed E-state index contributed by atoms with van der Waals surface area (Å²) in [7, 11) is -3.63. The van der Waals surface area contributed by atoms with E-state index in [1.165, 1.54) is 11.3 Å². The number of sulfonamides is 1. The van der Waals surface area contributed by atoms with Gasteiger partial charge in [0.05, 0.1) is 10.6 Å². The Kier molecular flexibility index (Phi) is 4.42. The van der Waals surface area contributed by atoms with Gasteiger partial charge in [-0.15, -0.1) is 16.2 Å². The van der Waals surface area contributed by atoms with Crippen LogP contribution >= 0.6 is 11.3 Å². The van der Waals surface area contributed by atoms with E-state index in [4.69, 9.17) is 0 Å². The van der Waals surface area contributed by atoms with Crippen molar-refractivity contribution in [3.8, 4) is 11.3 Å². The molecular weight excluding hydrogens is 330 g/mol. The number of nitrogens with one attached hydrogen (secondary N) is 2. The zero-order valence-corrected chi connectivity index (χ0v) is 14.0. The smallest absolute Gasteiger partial charge is 0.257 e. The lowest BCUT2D eigenvalue weighted by atomic mass is 10.2. The molecule has 2 N–H and O–H groups in total. The van der Waals surface area contributed by atoms with Crippen molar-refractivity contribution in [2.24, 2.45) is 0 Å². The van der Waals surface area contributed by atoms with Crippen LogP contribution in [0.3, 0.4) is 0 Å². The Labute approximate surface area is 139 Å². The Balaban J connectivity index is 1.71. The molecule has 0 bridgehead atoms. The monoisotopic (exact) mass is 345 g/mol. The summed E-state index contributed by atoms with van der Waals surface area (Å²) >= 11 is 1.33. The highest BCUT2D eigenvalue weighted by Gasteiger charge is 2.14. The van der Waals surface area contributed by atoms with Crippen molar-refractivity contribution in [1.82, 2.24) is 9.82 Å². The average molecular weight is 345 g/mol. The minimum absolute atomic E-state index is 0.204. The third-order valence-corrected chi connectivity index (χ3v) is 5.22. The molecule has 0 saturated carbocycles. The number of aryl methyl sites for hydroxylation is 1. The first-order chi connectivity index (χ1) is 11.0. The highest BCUT2D eigenvalue weighted by atomic mass is 32.2. The van der Waals surface area contributed by atoms with E-state index in [2.05, 4.69) is 15.2 Å². The molecule has 0 aliphatic rings. The van der Waals surface area contributed by atoms with E-state index in [1.54, 1.807) is 24.3 Å². The third kappa shape index (κ3) is 3.76. The van der Waals surface area contributed by atoms with Gasteiger partial charge in [0.1, 0.15) is 0 Å². The van der Waals surface area contributed by atoms with Crippen LogP contribution in [0.5, 0.6) is 0 Å². The molecule has 0 amide bonds. The first-order valence-corrected chi connectivity index (χ1v) is 9.26. The molecule has 3 rings (SSSR count). The summed E-state index contributed by atoms with van der Waals surface area (Å²) in [5.74, 6) is 0. The maximum atomic E-state index is 12.2. The molecule has 0 saturated heterocycles. The molecule has 0 atom stereocenters. The second-order valence-corrected chi connectivity index (χ2v) is 7.49. The van der Waals surface area contributed by atoms with Crippen LogP contribution in [-0.4, -0.2) is 13.4 Å². The second kappa shape index (κ2) is 6.49. The van der Waals surface area contributed by atoms with Gasteiger partial charge in [0.15, 0.2) is 5.13 Å². The van der Waals surface area contributed by atoms with Crippen molar-refractivity contribution in [2.75, 3.05) is 5.43 Å². The minimum Gasteiger partial charge on any atom is -0.283 e. The average Bonchev–Trinajstić information content (AvgIpc) is 3.03. The van der Waals surface area contributed by atoms with Gasteiger partial charge in [0.2, 0.25) is 0 Å². The Bertz CT molecular complexity index is 889. The normalized spacial score (nSPS) is 11.3. The number of hydrogen-bond acceptors (Lipinski definition) is 5. The van der Waals surface area contributed by atoms with Gasteiger partial charge in [0, 0.05) is 10.9 Å². The van der Waals surface area contributed by atoms with Crippen LogP contribution in [-0.2, 0) is 10.0 Å². The fourth-order valence-corrected chi connectivity index (χ4v) is 3.54. The van der Waals surface area contributed by atoms with Crippen molar-refractivity contribution in [3.05, 3.63) is 65.5 Å². The third-order valence-electron chi connectivity index (χ3n) is 3.20. The molecule has 0 unspecified atom stereocenters. The van der Waals surface area contributed by atoms with Crippen LogP contribution in [0.4, 0.5) is 5.13 Å². The zero-order chi connectivity index (χ0) is 16.3. The SMILES string of the molecule is Cc1ccc(S(=O)(=O)NNc2nc(-c3ccccc3)cs2)cc1. The molecule has 0 aliphatic carbocycles. The number of aromatic nitrogens is 1. The van der Waals surface area contributed by atoms with Crippen LogP contribution in [0.1, 0.15) is 5.56 Å². The first kappa shape index (κ1) is 15.7. The summed E-state index contributed by atoms with van der Waals surface area (Å²) in [5.41, 5.74) is 5.44. The standard InChI is InChI=1S/C16H15N3O2S2/c1-12-7-9-14(10-8-12)23(20,21)19-18-16-17-15(11-22-16)13-5-3-2-4-6-13/h2-11,19H,1H3,(H,17,18). The number of anilines is 1. The molecule has 2 aromatic carbocycles. The van der Waals surface area contributed by atoms with Gasteiger partial charge in [-0.3, -0.25) is 5.43 Å². The van der Waals surface area contributed by atoms with E-state index >= 15 is 0 Å². The molecule has 5 nitrogen and oxygen atoms in total. The van der Waals surface area contributed by atoms with Gasteiger partial charge in [-0.2, -0.15) is 0 Å². The molecule has 0 aliphatic heterocycles. The van der Waals surface area contributed by atoms with Crippen molar-refractivity contribution in [2.45, 2.75) is 11.8 Å². The molecule has 118 valence electrons. The second-order valence-electron chi connectivity index (χ2n) is 4.95. The van der Waals surface area contributed by atoms with Gasteiger partial charge in [0.25, 0.3) is 10.0 Å². The summed E-state index contributed by atoms with van der Waals surface area (Å²) < 4.78 is 24.4. The molecule has 0 fully saturated rings. The molecular formula is C16H15N3O2S2. The largest absolute Gasteiger partial charge is 0.283 e. The molecule has 0 radical (unpaired) electrons. The Hall–Kier alpha value is -2.22. The van der Waals surface area contributed by atoms with E-state index in [0.29, 0.717) is 5.13 Å². The first-order valence-electron chi connectivity index (χ1n) is 6.90. The summed E-state index contributed by atoms with van der Waals surface area (Å²) in [5, 5.41) is 2.36. The number of rotatable bonds is 5. The maximum absolute atomic E-state index is 12.2. The van der Waals surface area contributed by atoms with E-state index in [1.807, 2.05) is 42.6 Å². The van der Waals surface area contributed by atoms with Crippen LogP contribution in [0, 0.1) is 6.92 Å². The minimum atomic E-state index is -3.63. The van der Waals surface area contributed by atoms with E-state index in [0.717, 1.165) is 16.8 Å². The van der Waals surface area contributed by atoms with Crippen LogP contribution < -0.4 is 10.3 Å². The summed E-state index contributed by atoms with van der Waals surface area (Å²) in [6.45, 7) is 1.91. The predicted octanol–water partition coefficient (Wildman–Crippen LogP) is 3.42. The maximum Gasteiger partial charge on any atom is 0.257 e. The molecule has 3 aromatic rings. The highest BCUT2D eigenvalue weighted by Crippen LogP contribution is 2.24. The van der Waals surface area contributed by atoms with Gasteiger partial charge in [-0.1, -0.05) is 48.0 Å².